The fraction of sp³-hybridized carbons (Fsp3) is 0.846. The van der Waals surface area contributed by atoms with E-state index in [9.17, 15) is 0 Å². The monoisotopic (exact) mass is 237 g/mol. The lowest BCUT2D eigenvalue weighted by Gasteiger charge is -2.36. The van der Waals surface area contributed by atoms with Crippen LogP contribution in [-0.4, -0.2) is 23.8 Å². The molecule has 0 amide bonds. The molecule has 1 saturated carbocycles. The van der Waals surface area contributed by atoms with E-state index >= 15 is 0 Å². The molecule has 1 aliphatic rings. The molecule has 1 aromatic heterocycles. The van der Waals surface area contributed by atoms with Crippen molar-refractivity contribution in [2.75, 3.05) is 13.6 Å². The van der Waals surface area contributed by atoms with Gasteiger partial charge in [-0.05, 0) is 25.3 Å². The molecule has 1 atom stereocenters. The lowest BCUT2D eigenvalue weighted by molar-refractivity contribution is 0.171. The van der Waals surface area contributed by atoms with Crippen LogP contribution in [-0.2, 0) is 6.42 Å². The maximum Gasteiger partial charge on any atom is 0.220 e. The van der Waals surface area contributed by atoms with Crippen molar-refractivity contribution in [1.29, 1.82) is 0 Å². The van der Waals surface area contributed by atoms with Gasteiger partial charge in [0.1, 0.15) is 0 Å². The Bertz CT molecular complexity index is 359. The maximum atomic E-state index is 5.80. The second-order valence-corrected chi connectivity index (χ2v) is 5.67. The highest BCUT2D eigenvalue weighted by Gasteiger charge is 2.36. The molecule has 1 aliphatic carbocycles. The first kappa shape index (κ1) is 12.6. The van der Waals surface area contributed by atoms with E-state index in [-0.39, 0.29) is 0 Å². The van der Waals surface area contributed by atoms with Gasteiger partial charge in [-0.3, -0.25) is 0 Å². The minimum Gasteiger partial charge on any atom is -0.425 e. The summed E-state index contributed by atoms with van der Waals surface area (Å²) in [5, 5.41) is 11.5. The van der Waals surface area contributed by atoms with E-state index in [0.717, 1.165) is 24.7 Å². The van der Waals surface area contributed by atoms with Crippen LogP contribution in [0.25, 0.3) is 0 Å². The fourth-order valence-electron chi connectivity index (χ4n) is 2.69. The Morgan fingerprint density at radius 3 is 2.88 bits per heavy atom. The van der Waals surface area contributed by atoms with Crippen LogP contribution < -0.4 is 5.32 Å². The van der Waals surface area contributed by atoms with Crippen LogP contribution in [0.5, 0.6) is 0 Å². The van der Waals surface area contributed by atoms with Gasteiger partial charge in [-0.25, -0.2) is 0 Å². The molecule has 0 spiro atoms. The number of rotatable bonds is 4. The average Bonchev–Trinajstić information content (AvgIpc) is 2.74. The van der Waals surface area contributed by atoms with Crippen molar-refractivity contribution in [2.45, 2.75) is 51.9 Å². The zero-order chi connectivity index (χ0) is 12.3. The molecule has 0 aliphatic heterocycles. The van der Waals surface area contributed by atoms with Crippen LogP contribution in [0.15, 0.2) is 4.42 Å². The van der Waals surface area contributed by atoms with Crippen molar-refractivity contribution in [3.05, 3.63) is 11.8 Å². The van der Waals surface area contributed by atoms with Crippen LogP contribution in [0.4, 0.5) is 0 Å². The fourth-order valence-corrected chi connectivity index (χ4v) is 2.69. The molecule has 96 valence electrons. The minimum absolute atomic E-state index is 0.297. The van der Waals surface area contributed by atoms with Crippen molar-refractivity contribution in [2.24, 2.45) is 5.41 Å². The Kier molecular flexibility index (Phi) is 3.82. The molecule has 0 saturated heterocycles. The molecule has 1 fully saturated rings. The molecular formula is C13H23N3O. The Balaban J connectivity index is 2.07. The first-order chi connectivity index (χ1) is 8.13. The second-order valence-electron chi connectivity index (χ2n) is 5.67. The molecule has 0 bridgehead atoms. The molecule has 0 aromatic carbocycles. The predicted octanol–water partition coefficient (Wildman–Crippen LogP) is 2.52. The third-order valence-electron chi connectivity index (χ3n) is 3.88. The van der Waals surface area contributed by atoms with E-state index in [1.165, 1.54) is 25.7 Å². The van der Waals surface area contributed by atoms with Gasteiger partial charge < -0.3 is 9.73 Å². The van der Waals surface area contributed by atoms with Crippen molar-refractivity contribution in [1.82, 2.24) is 15.5 Å². The van der Waals surface area contributed by atoms with Gasteiger partial charge in [-0.1, -0.05) is 26.7 Å². The maximum absolute atomic E-state index is 5.80. The molecule has 4 nitrogen and oxygen atoms in total. The molecule has 1 aromatic rings. The number of hydrogen-bond donors (Lipinski definition) is 1. The van der Waals surface area contributed by atoms with E-state index in [0.29, 0.717) is 11.3 Å². The lowest BCUT2D eigenvalue weighted by Crippen LogP contribution is -2.26. The lowest BCUT2D eigenvalue weighted by atomic mass is 9.69. The highest BCUT2D eigenvalue weighted by atomic mass is 16.4. The normalized spacial score (nSPS) is 23.8. The van der Waals surface area contributed by atoms with Gasteiger partial charge in [0, 0.05) is 18.9 Å². The Labute approximate surface area is 103 Å². The van der Waals surface area contributed by atoms with E-state index in [1.807, 2.05) is 7.05 Å². The number of nitrogens with zero attached hydrogens (tertiary/aromatic N) is 2. The Hall–Kier alpha value is -0.900. The molecule has 1 heterocycles. The van der Waals surface area contributed by atoms with Crippen LogP contribution >= 0.6 is 0 Å². The van der Waals surface area contributed by atoms with Crippen molar-refractivity contribution >= 4 is 0 Å². The largest absolute Gasteiger partial charge is 0.425 e. The summed E-state index contributed by atoms with van der Waals surface area (Å²) in [5.41, 5.74) is 0.297. The standard InChI is InChI=1S/C13H23N3O/c1-13(2)8-5-4-6-10(13)12-16-15-11(17-12)7-9-14-3/h10,14H,4-9H2,1-3H3. The molecule has 1 unspecified atom stereocenters. The summed E-state index contributed by atoms with van der Waals surface area (Å²) in [6.07, 6.45) is 5.86. The van der Waals surface area contributed by atoms with Gasteiger partial charge in [-0.15, -0.1) is 10.2 Å². The second kappa shape index (κ2) is 5.17. The summed E-state index contributed by atoms with van der Waals surface area (Å²) in [6.45, 7) is 5.51. The summed E-state index contributed by atoms with van der Waals surface area (Å²) >= 11 is 0. The average molecular weight is 237 g/mol. The van der Waals surface area contributed by atoms with Crippen LogP contribution in [0.3, 0.4) is 0 Å². The van der Waals surface area contributed by atoms with Gasteiger partial charge in [0.25, 0.3) is 0 Å². The van der Waals surface area contributed by atoms with E-state index in [1.54, 1.807) is 0 Å². The summed E-state index contributed by atoms with van der Waals surface area (Å²) < 4.78 is 5.80. The van der Waals surface area contributed by atoms with Gasteiger partial charge in [0.05, 0.1) is 0 Å². The van der Waals surface area contributed by atoms with Gasteiger partial charge in [0.2, 0.25) is 11.8 Å². The quantitative estimate of drug-likeness (QED) is 0.874. The van der Waals surface area contributed by atoms with E-state index in [2.05, 4.69) is 29.4 Å². The van der Waals surface area contributed by atoms with E-state index < -0.39 is 0 Å². The van der Waals surface area contributed by atoms with Gasteiger partial charge >= 0.3 is 0 Å². The molecule has 4 heteroatoms. The third kappa shape index (κ3) is 2.86. The van der Waals surface area contributed by atoms with Crippen LogP contribution in [0, 0.1) is 5.41 Å². The number of nitrogens with one attached hydrogen (secondary N) is 1. The zero-order valence-corrected chi connectivity index (χ0v) is 11.1. The predicted molar refractivity (Wildman–Crippen MR) is 66.9 cm³/mol. The summed E-state index contributed by atoms with van der Waals surface area (Å²) in [7, 11) is 1.93. The molecular weight excluding hydrogens is 214 g/mol. The molecule has 1 N–H and O–H groups in total. The highest BCUT2D eigenvalue weighted by Crippen LogP contribution is 2.46. The van der Waals surface area contributed by atoms with E-state index in [4.69, 9.17) is 4.42 Å². The minimum atomic E-state index is 0.297. The molecule has 17 heavy (non-hydrogen) atoms. The summed E-state index contributed by atoms with van der Waals surface area (Å²) in [5.74, 6) is 2.05. The van der Waals surface area contributed by atoms with Crippen molar-refractivity contribution < 1.29 is 4.42 Å². The van der Waals surface area contributed by atoms with Crippen molar-refractivity contribution in [3.63, 3.8) is 0 Å². The number of likely N-dealkylation sites (N-methyl/N-ethyl adjacent to an activating group) is 1. The molecule has 0 radical (unpaired) electrons. The highest BCUT2D eigenvalue weighted by molar-refractivity contribution is 5.01. The number of aromatic nitrogens is 2. The first-order valence-corrected chi connectivity index (χ1v) is 6.60. The zero-order valence-electron chi connectivity index (χ0n) is 11.1. The Morgan fingerprint density at radius 1 is 1.35 bits per heavy atom. The van der Waals surface area contributed by atoms with Crippen LogP contribution in [0.1, 0.15) is 57.2 Å². The summed E-state index contributed by atoms with van der Waals surface area (Å²) in [6, 6.07) is 0. The van der Waals surface area contributed by atoms with Crippen molar-refractivity contribution in [3.8, 4) is 0 Å². The topological polar surface area (TPSA) is 51.0 Å². The van der Waals surface area contributed by atoms with Gasteiger partial charge in [-0.2, -0.15) is 0 Å². The first-order valence-electron chi connectivity index (χ1n) is 6.60. The number of hydrogen-bond acceptors (Lipinski definition) is 4. The van der Waals surface area contributed by atoms with Crippen LogP contribution in [0.2, 0.25) is 0 Å². The Morgan fingerprint density at radius 2 is 2.18 bits per heavy atom. The summed E-state index contributed by atoms with van der Waals surface area (Å²) in [4.78, 5) is 0. The van der Waals surface area contributed by atoms with Gasteiger partial charge in [0.15, 0.2) is 0 Å². The third-order valence-corrected chi connectivity index (χ3v) is 3.88. The molecule has 2 rings (SSSR count). The smallest absolute Gasteiger partial charge is 0.220 e. The SMILES string of the molecule is CNCCc1nnc(C2CCCCC2(C)C)o1.